The summed E-state index contributed by atoms with van der Waals surface area (Å²) in [6, 6.07) is 7.62. The molecule has 0 fully saturated rings. The van der Waals surface area contributed by atoms with E-state index in [4.69, 9.17) is 19.2 Å². The number of methoxy groups -OCH3 is 2. The van der Waals surface area contributed by atoms with Crippen LogP contribution in [0.2, 0.25) is 0 Å². The Labute approximate surface area is 198 Å². The van der Waals surface area contributed by atoms with Gasteiger partial charge in [-0.15, -0.1) is 11.3 Å². The largest absolute Gasteiger partial charge is 0.497 e. The van der Waals surface area contributed by atoms with Gasteiger partial charge in [-0.3, -0.25) is 9.69 Å². The molecule has 0 bridgehead atoms. The fourth-order valence-corrected chi connectivity index (χ4v) is 4.40. The van der Waals surface area contributed by atoms with Crippen LogP contribution in [0.15, 0.2) is 34.4 Å². The van der Waals surface area contributed by atoms with Gasteiger partial charge in [0.15, 0.2) is 0 Å². The Morgan fingerprint density at radius 1 is 1.27 bits per heavy atom. The second-order valence-electron chi connectivity index (χ2n) is 8.88. The first-order valence-corrected chi connectivity index (χ1v) is 11.8. The molecular formula is C24H33N3O5S. The van der Waals surface area contributed by atoms with Gasteiger partial charge in [-0.25, -0.2) is 4.98 Å². The van der Waals surface area contributed by atoms with Crippen molar-refractivity contribution >= 4 is 21.6 Å². The summed E-state index contributed by atoms with van der Waals surface area (Å²) in [5.41, 5.74) is 1.23. The van der Waals surface area contributed by atoms with Crippen molar-refractivity contribution in [3.63, 3.8) is 0 Å². The lowest BCUT2D eigenvalue weighted by molar-refractivity contribution is -0.0578. The van der Waals surface area contributed by atoms with Gasteiger partial charge in [-0.05, 0) is 38.5 Å². The second-order valence-corrected chi connectivity index (χ2v) is 9.74. The van der Waals surface area contributed by atoms with Crippen LogP contribution >= 0.6 is 11.3 Å². The maximum absolute atomic E-state index is 13.0. The van der Waals surface area contributed by atoms with E-state index in [1.165, 1.54) is 11.3 Å². The van der Waals surface area contributed by atoms with Crippen LogP contribution in [0.4, 0.5) is 0 Å². The Kier molecular flexibility index (Phi) is 8.61. The third-order valence-electron chi connectivity index (χ3n) is 5.04. The van der Waals surface area contributed by atoms with Crippen LogP contribution < -0.4 is 10.3 Å². The lowest BCUT2D eigenvalue weighted by Crippen LogP contribution is -2.38. The zero-order valence-corrected chi connectivity index (χ0v) is 20.7. The van der Waals surface area contributed by atoms with E-state index in [2.05, 4.69) is 4.98 Å². The summed E-state index contributed by atoms with van der Waals surface area (Å²) in [4.78, 5) is 23.3. The van der Waals surface area contributed by atoms with Crippen LogP contribution in [0, 0.1) is 0 Å². The Morgan fingerprint density at radius 3 is 2.76 bits per heavy atom. The minimum Gasteiger partial charge on any atom is -0.497 e. The van der Waals surface area contributed by atoms with Gasteiger partial charge < -0.3 is 24.3 Å². The Morgan fingerprint density at radius 2 is 2.06 bits per heavy atom. The molecule has 8 nitrogen and oxygen atoms in total. The second kappa shape index (κ2) is 11.2. The van der Waals surface area contributed by atoms with Crippen LogP contribution in [0.25, 0.3) is 21.3 Å². The van der Waals surface area contributed by atoms with Crippen LogP contribution in [0.5, 0.6) is 5.75 Å². The summed E-state index contributed by atoms with van der Waals surface area (Å²) < 4.78 is 16.2. The number of ether oxygens (including phenoxy) is 3. The molecule has 9 heteroatoms. The zero-order chi connectivity index (χ0) is 24.0. The van der Waals surface area contributed by atoms with Gasteiger partial charge in [-0.2, -0.15) is 0 Å². The first kappa shape index (κ1) is 25.3. The SMILES string of the molecule is COCCN(Cc1nc2scc(-c3cccc(OC)c3)c2c(=O)[nH]1)CC(O)COC(C)(C)C. The average molecular weight is 476 g/mol. The van der Waals surface area contributed by atoms with E-state index in [0.717, 1.165) is 16.9 Å². The summed E-state index contributed by atoms with van der Waals surface area (Å²) in [5, 5.41) is 13.0. The molecule has 0 spiro atoms. The number of nitrogens with one attached hydrogen (secondary N) is 1. The molecule has 0 amide bonds. The molecule has 180 valence electrons. The fourth-order valence-electron chi connectivity index (χ4n) is 3.44. The lowest BCUT2D eigenvalue weighted by atomic mass is 10.1. The molecule has 1 aromatic carbocycles. The quantitative estimate of drug-likeness (QED) is 0.439. The third kappa shape index (κ3) is 7.09. The van der Waals surface area contributed by atoms with Crippen LogP contribution in [-0.4, -0.2) is 72.2 Å². The molecule has 2 N–H and O–H groups in total. The van der Waals surface area contributed by atoms with Crippen molar-refractivity contribution in [2.45, 2.75) is 39.0 Å². The number of benzene rings is 1. The van der Waals surface area contributed by atoms with Crippen molar-refractivity contribution in [3.05, 3.63) is 45.8 Å². The molecule has 0 aliphatic carbocycles. The first-order valence-electron chi connectivity index (χ1n) is 10.9. The molecule has 33 heavy (non-hydrogen) atoms. The molecule has 0 aliphatic rings. The van der Waals surface area contributed by atoms with E-state index in [0.29, 0.717) is 42.3 Å². The number of aliphatic hydroxyl groups excluding tert-OH is 1. The Balaban J connectivity index is 1.81. The van der Waals surface area contributed by atoms with Gasteiger partial charge in [-0.1, -0.05) is 12.1 Å². The molecule has 2 aromatic heterocycles. The summed E-state index contributed by atoms with van der Waals surface area (Å²) in [5.74, 6) is 1.28. The predicted molar refractivity (Wildman–Crippen MR) is 131 cm³/mol. The summed E-state index contributed by atoms with van der Waals surface area (Å²) in [6.45, 7) is 7.93. The molecule has 0 saturated heterocycles. The number of nitrogens with zero attached hydrogens (tertiary/aromatic N) is 2. The summed E-state index contributed by atoms with van der Waals surface area (Å²) in [6.07, 6.45) is -0.669. The number of aliphatic hydroxyl groups is 1. The highest BCUT2D eigenvalue weighted by atomic mass is 32.1. The van der Waals surface area contributed by atoms with E-state index in [9.17, 15) is 9.90 Å². The predicted octanol–water partition coefficient (Wildman–Crippen LogP) is 3.28. The standard InChI is InChI=1S/C24H33N3O5S/c1-24(2,3)32-14-17(28)12-27(9-10-30-4)13-20-25-22(29)21-19(15-33-23(21)26-20)16-7-6-8-18(11-16)31-5/h6-8,11,15,17,28H,9-10,12-14H2,1-5H3,(H,25,26,29). The smallest absolute Gasteiger partial charge is 0.260 e. The highest BCUT2D eigenvalue weighted by Gasteiger charge is 2.19. The zero-order valence-electron chi connectivity index (χ0n) is 19.9. The van der Waals surface area contributed by atoms with Crippen molar-refractivity contribution < 1.29 is 19.3 Å². The Bertz CT molecular complexity index is 1110. The van der Waals surface area contributed by atoms with E-state index < -0.39 is 6.10 Å². The van der Waals surface area contributed by atoms with Crippen molar-refractivity contribution in [2.75, 3.05) is 40.5 Å². The molecule has 0 radical (unpaired) electrons. The maximum atomic E-state index is 13.0. The number of aromatic nitrogens is 2. The number of aromatic amines is 1. The topological polar surface area (TPSA) is 96.9 Å². The molecule has 1 unspecified atom stereocenters. The van der Waals surface area contributed by atoms with Gasteiger partial charge >= 0.3 is 0 Å². The average Bonchev–Trinajstić information content (AvgIpc) is 3.20. The Hall–Kier alpha value is -2.30. The number of fused-ring (bicyclic) bond motifs is 1. The van der Waals surface area contributed by atoms with Gasteiger partial charge in [0.2, 0.25) is 0 Å². The molecule has 1 atom stereocenters. The molecule has 0 saturated carbocycles. The normalized spacial score (nSPS) is 13.1. The molecular weight excluding hydrogens is 442 g/mol. The molecule has 2 heterocycles. The minimum absolute atomic E-state index is 0.183. The summed E-state index contributed by atoms with van der Waals surface area (Å²) in [7, 11) is 3.25. The van der Waals surface area contributed by atoms with Crippen LogP contribution in [0.1, 0.15) is 26.6 Å². The first-order chi connectivity index (χ1) is 15.7. The number of H-pyrrole nitrogens is 1. The van der Waals surface area contributed by atoms with Crippen molar-refractivity contribution in [3.8, 4) is 16.9 Å². The number of thiophene rings is 1. The van der Waals surface area contributed by atoms with Gasteiger partial charge in [0.05, 0.1) is 44.0 Å². The van der Waals surface area contributed by atoms with Crippen LogP contribution in [0.3, 0.4) is 0 Å². The van der Waals surface area contributed by atoms with Crippen molar-refractivity contribution in [1.82, 2.24) is 14.9 Å². The van der Waals surface area contributed by atoms with E-state index >= 15 is 0 Å². The van der Waals surface area contributed by atoms with Crippen LogP contribution in [-0.2, 0) is 16.0 Å². The molecule has 0 aliphatic heterocycles. The highest BCUT2D eigenvalue weighted by Crippen LogP contribution is 2.32. The van der Waals surface area contributed by atoms with E-state index in [1.54, 1.807) is 14.2 Å². The van der Waals surface area contributed by atoms with E-state index in [-0.39, 0.29) is 17.8 Å². The molecule has 3 aromatic rings. The number of hydrogen-bond acceptors (Lipinski definition) is 8. The maximum Gasteiger partial charge on any atom is 0.260 e. The molecule has 3 rings (SSSR count). The summed E-state index contributed by atoms with van der Waals surface area (Å²) >= 11 is 1.44. The lowest BCUT2D eigenvalue weighted by Gasteiger charge is -2.27. The van der Waals surface area contributed by atoms with Crippen molar-refractivity contribution in [1.29, 1.82) is 0 Å². The number of rotatable bonds is 11. The van der Waals surface area contributed by atoms with E-state index in [1.807, 2.05) is 55.3 Å². The monoisotopic (exact) mass is 475 g/mol. The van der Waals surface area contributed by atoms with Gasteiger partial charge in [0.25, 0.3) is 5.56 Å². The van der Waals surface area contributed by atoms with Crippen molar-refractivity contribution in [2.24, 2.45) is 0 Å². The fraction of sp³-hybridized carbons (Fsp3) is 0.500. The highest BCUT2D eigenvalue weighted by molar-refractivity contribution is 7.17. The third-order valence-corrected chi connectivity index (χ3v) is 5.91. The van der Waals surface area contributed by atoms with Gasteiger partial charge in [0, 0.05) is 31.1 Å². The minimum atomic E-state index is -0.669. The number of hydrogen-bond donors (Lipinski definition) is 2. The van der Waals surface area contributed by atoms with Gasteiger partial charge in [0.1, 0.15) is 16.4 Å².